The standard InChI is InChI=1S/C32H62O6.Na/c1-3-5-7-9-11-13-15-17-19-21-23-25-27-32(37,29(33)30(34)35)31(36)38-28-26-24-22-20-18-16-14-12-10-8-6-4-2;/h29,33,37H,3-28H2,1-2H3,(H,34,35);/q;+1/p-1. The first-order valence-corrected chi connectivity index (χ1v) is 16.2. The van der Waals surface area contributed by atoms with Crippen LogP contribution in [0.5, 0.6) is 0 Å². The molecule has 0 aromatic heterocycles. The van der Waals surface area contributed by atoms with Crippen LogP contribution in [0, 0.1) is 0 Å². The van der Waals surface area contributed by atoms with Crippen LogP contribution in [-0.4, -0.2) is 40.5 Å². The maximum atomic E-state index is 12.5. The van der Waals surface area contributed by atoms with Gasteiger partial charge in [-0.2, -0.15) is 0 Å². The van der Waals surface area contributed by atoms with Gasteiger partial charge in [0.25, 0.3) is 0 Å². The molecule has 2 unspecified atom stereocenters. The molecule has 0 radical (unpaired) electrons. The van der Waals surface area contributed by atoms with Gasteiger partial charge in [0, 0.05) is 0 Å². The monoisotopic (exact) mass is 564 g/mol. The molecule has 0 rings (SSSR count). The fraction of sp³-hybridized carbons (Fsp3) is 0.938. The van der Waals surface area contributed by atoms with E-state index in [0.717, 1.165) is 38.5 Å². The molecule has 0 aromatic rings. The Morgan fingerprint density at radius 2 is 0.923 bits per heavy atom. The summed E-state index contributed by atoms with van der Waals surface area (Å²) >= 11 is 0. The summed E-state index contributed by atoms with van der Waals surface area (Å²) in [6, 6.07) is 0. The van der Waals surface area contributed by atoms with Gasteiger partial charge in [-0.25, -0.2) is 4.79 Å². The Labute approximate surface area is 262 Å². The zero-order chi connectivity index (χ0) is 28.3. The fourth-order valence-corrected chi connectivity index (χ4v) is 5.01. The van der Waals surface area contributed by atoms with E-state index in [1.165, 1.54) is 103 Å². The van der Waals surface area contributed by atoms with Gasteiger partial charge in [0.2, 0.25) is 0 Å². The summed E-state index contributed by atoms with van der Waals surface area (Å²) in [5.74, 6) is -2.91. The minimum absolute atomic E-state index is 0. The van der Waals surface area contributed by atoms with Crippen molar-refractivity contribution in [1.29, 1.82) is 0 Å². The number of aliphatic carboxylic acids is 1. The molecule has 0 aliphatic heterocycles. The molecule has 0 bridgehead atoms. The Hall–Kier alpha value is -0.140. The van der Waals surface area contributed by atoms with Crippen LogP contribution in [0.2, 0.25) is 0 Å². The van der Waals surface area contributed by atoms with Crippen LogP contribution in [0.25, 0.3) is 0 Å². The number of carboxylic acids is 1. The van der Waals surface area contributed by atoms with E-state index in [-0.39, 0.29) is 42.6 Å². The molecule has 39 heavy (non-hydrogen) atoms. The van der Waals surface area contributed by atoms with E-state index in [1.54, 1.807) is 0 Å². The maximum Gasteiger partial charge on any atom is 1.00 e. The van der Waals surface area contributed by atoms with Crippen molar-refractivity contribution in [3.8, 4) is 0 Å². The van der Waals surface area contributed by atoms with Gasteiger partial charge in [0.05, 0.1) is 12.6 Å². The molecule has 7 heteroatoms. The minimum Gasteiger partial charge on any atom is -0.547 e. The van der Waals surface area contributed by atoms with Crippen LogP contribution >= 0.6 is 0 Å². The van der Waals surface area contributed by atoms with Crippen molar-refractivity contribution < 1.29 is 59.2 Å². The molecule has 0 aliphatic rings. The normalized spacial score (nSPS) is 13.4. The van der Waals surface area contributed by atoms with Crippen LogP contribution in [-0.2, 0) is 14.3 Å². The Bertz CT molecular complexity index is 559. The second-order valence-corrected chi connectivity index (χ2v) is 11.3. The first kappa shape index (κ1) is 41.0. The van der Waals surface area contributed by atoms with E-state index in [2.05, 4.69) is 13.8 Å². The van der Waals surface area contributed by atoms with Crippen molar-refractivity contribution in [2.75, 3.05) is 6.61 Å². The summed E-state index contributed by atoms with van der Waals surface area (Å²) in [5.41, 5.74) is -2.45. The van der Waals surface area contributed by atoms with Crippen molar-refractivity contribution in [3.05, 3.63) is 0 Å². The molecule has 0 aromatic carbocycles. The topological polar surface area (TPSA) is 107 Å². The summed E-state index contributed by atoms with van der Waals surface area (Å²) < 4.78 is 5.19. The van der Waals surface area contributed by atoms with Crippen LogP contribution in [0.15, 0.2) is 0 Å². The number of hydrogen-bond acceptors (Lipinski definition) is 6. The number of carbonyl (C=O) groups excluding carboxylic acids is 2. The number of hydrogen-bond donors (Lipinski definition) is 2. The van der Waals surface area contributed by atoms with Crippen molar-refractivity contribution in [2.45, 2.75) is 186 Å². The van der Waals surface area contributed by atoms with E-state index >= 15 is 0 Å². The molecule has 0 saturated carbocycles. The molecule has 6 nitrogen and oxygen atoms in total. The number of carboxylic acid groups (broad SMARTS) is 1. The second-order valence-electron chi connectivity index (χ2n) is 11.3. The van der Waals surface area contributed by atoms with Crippen molar-refractivity contribution in [1.82, 2.24) is 0 Å². The third-order valence-corrected chi connectivity index (χ3v) is 7.67. The Morgan fingerprint density at radius 3 is 1.26 bits per heavy atom. The third kappa shape index (κ3) is 23.1. The van der Waals surface area contributed by atoms with Gasteiger partial charge < -0.3 is 24.9 Å². The second kappa shape index (κ2) is 29.4. The first-order chi connectivity index (χ1) is 18.4. The van der Waals surface area contributed by atoms with Gasteiger partial charge in [-0.3, -0.25) is 0 Å². The van der Waals surface area contributed by atoms with Crippen LogP contribution < -0.4 is 34.7 Å². The molecule has 2 N–H and O–H groups in total. The van der Waals surface area contributed by atoms with Gasteiger partial charge in [-0.05, 0) is 19.3 Å². The number of rotatable bonds is 29. The van der Waals surface area contributed by atoms with E-state index in [0.29, 0.717) is 12.8 Å². The average Bonchev–Trinajstić information content (AvgIpc) is 2.91. The van der Waals surface area contributed by atoms with E-state index in [9.17, 15) is 24.9 Å². The molecule has 0 amide bonds. The molecule has 2 atom stereocenters. The van der Waals surface area contributed by atoms with Gasteiger partial charge in [0.1, 0.15) is 6.10 Å². The molecule has 0 saturated heterocycles. The predicted octanol–water partition coefficient (Wildman–Crippen LogP) is 4.17. The van der Waals surface area contributed by atoms with E-state index in [4.69, 9.17) is 4.74 Å². The van der Waals surface area contributed by atoms with Crippen molar-refractivity contribution >= 4 is 11.9 Å². The largest absolute Gasteiger partial charge is 1.00 e. The maximum absolute atomic E-state index is 12.5. The number of unbranched alkanes of at least 4 members (excludes halogenated alkanes) is 22. The number of aliphatic hydroxyl groups excluding tert-OH is 1. The summed E-state index contributed by atoms with van der Waals surface area (Å²) in [5, 5.41) is 31.9. The smallest absolute Gasteiger partial charge is 0.547 e. The zero-order valence-electron chi connectivity index (χ0n) is 26.0. The Morgan fingerprint density at radius 1 is 0.615 bits per heavy atom. The number of esters is 1. The minimum atomic E-state index is -2.45. The fourth-order valence-electron chi connectivity index (χ4n) is 5.01. The van der Waals surface area contributed by atoms with Gasteiger partial charge >= 0.3 is 35.5 Å². The van der Waals surface area contributed by atoms with Gasteiger partial charge in [-0.15, -0.1) is 0 Å². The Kier molecular flexibility index (Phi) is 30.9. The zero-order valence-corrected chi connectivity index (χ0v) is 28.0. The van der Waals surface area contributed by atoms with Gasteiger partial charge in [0.15, 0.2) is 5.60 Å². The number of aliphatic hydroxyl groups is 2. The molecule has 0 aliphatic carbocycles. The van der Waals surface area contributed by atoms with Gasteiger partial charge in [-0.1, -0.05) is 155 Å². The molecule has 0 fully saturated rings. The Balaban J connectivity index is 0. The number of ether oxygens (including phenoxy) is 1. The van der Waals surface area contributed by atoms with Crippen molar-refractivity contribution in [3.63, 3.8) is 0 Å². The molecule has 226 valence electrons. The SMILES string of the molecule is CCCCCCCCCCCCCCOC(=O)C(O)(CCCCCCCCCCCCCC)C(O)C(=O)[O-].[Na+]. The third-order valence-electron chi connectivity index (χ3n) is 7.67. The van der Waals surface area contributed by atoms with E-state index in [1.807, 2.05) is 0 Å². The van der Waals surface area contributed by atoms with Crippen LogP contribution in [0.4, 0.5) is 0 Å². The summed E-state index contributed by atoms with van der Waals surface area (Å²) in [7, 11) is 0. The average molecular weight is 565 g/mol. The summed E-state index contributed by atoms with van der Waals surface area (Å²) in [4.78, 5) is 23.8. The first-order valence-electron chi connectivity index (χ1n) is 16.2. The quantitative estimate of drug-likeness (QED) is 0.0803. The summed E-state index contributed by atoms with van der Waals surface area (Å²) in [6.45, 7) is 4.58. The molecular weight excluding hydrogens is 503 g/mol. The van der Waals surface area contributed by atoms with Crippen LogP contribution in [0.1, 0.15) is 174 Å². The number of carbonyl (C=O) groups is 2. The molecular formula is C32H61NaO6. The van der Waals surface area contributed by atoms with E-state index < -0.39 is 23.6 Å². The molecule has 0 heterocycles. The molecule has 0 spiro atoms. The summed E-state index contributed by atoms with van der Waals surface area (Å²) in [6.07, 6.45) is 25.3. The predicted molar refractivity (Wildman–Crippen MR) is 154 cm³/mol. The van der Waals surface area contributed by atoms with Crippen molar-refractivity contribution in [2.24, 2.45) is 0 Å². The van der Waals surface area contributed by atoms with Crippen LogP contribution in [0.3, 0.4) is 0 Å².